The van der Waals surface area contributed by atoms with Gasteiger partial charge in [0.05, 0.1) is 0 Å². The van der Waals surface area contributed by atoms with E-state index in [-0.39, 0.29) is 0 Å². The minimum absolute atomic E-state index is 0.572. The first-order valence-corrected chi connectivity index (χ1v) is 3.58. The predicted octanol–water partition coefficient (Wildman–Crippen LogP) is 0.495. The Labute approximate surface area is 66.5 Å². The third kappa shape index (κ3) is 2.85. The minimum Gasteiger partial charge on any atom is -0.478 e. The molecule has 1 aromatic rings. The Balaban J connectivity index is 2.40. The summed E-state index contributed by atoms with van der Waals surface area (Å²) in [6, 6.07) is 0. The molecule has 0 saturated carbocycles. The number of H-pyrrole nitrogens is 1. The molecule has 0 bridgehead atoms. The summed E-state index contributed by atoms with van der Waals surface area (Å²) in [7, 11) is 0. The van der Waals surface area contributed by atoms with Crippen LogP contribution in [0.1, 0.15) is 0 Å². The van der Waals surface area contributed by atoms with E-state index in [4.69, 9.17) is 5.11 Å². The van der Waals surface area contributed by atoms with Crippen LogP contribution < -0.4 is 0 Å². The summed E-state index contributed by atoms with van der Waals surface area (Å²) in [5.41, 5.74) is 0. The van der Waals surface area contributed by atoms with Crippen LogP contribution in [0.3, 0.4) is 0 Å². The number of thioether (sulfide) groups is 1. The van der Waals surface area contributed by atoms with Crippen LogP contribution in [0, 0.1) is 0 Å². The van der Waals surface area contributed by atoms with E-state index in [9.17, 15) is 4.79 Å². The van der Waals surface area contributed by atoms with Crippen LogP contribution in [0.4, 0.5) is 0 Å². The fourth-order valence-corrected chi connectivity index (χ4v) is 0.934. The number of aliphatic carboxylic acids is 1. The fraction of sp³-hybridized carbons (Fsp3) is 0. The van der Waals surface area contributed by atoms with Crippen LogP contribution in [0.25, 0.3) is 0 Å². The van der Waals surface area contributed by atoms with E-state index in [0.717, 1.165) is 17.8 Å². The van der Waals surface area contributed by atoms with Gasteiger partial charge in [-0.15, -0.1) is 0 Å². The van der Waals surface area contributed by atoms with E-state index >= 15 is 0 Å². The Morgan fingerprint density at radius 2 is 2.64 bits per heavy atom. The molecule has 0 aliphatic rings. The number of hydrogen-bond acceptors (Lipinski definition) is 4. The molecule has 1 heterocycles. The number of aromatic nitrogens is 3. The van der Waals surface area contributed by atoms with Crippen molar-refractivity contribution in [3.63, 3.8) is 0 Å². The molecule has 5 nitrogen and oxygen atoms in total. The van der Waals surface area contributed by atoms with Crippen molar-refractivity contribution in [1.29, 1.82) is 0 Å². The van der Waals surface area contributed by atoms with Crippen molar-refractivity contribution in [2.75, 3.05) is 0 Å². The Morgan fingerprint density at radius 1 is 1.82 bits per heavy atom. The maximum absolute atomic E-state index is 9.98. The van der Waals surface area contributed by atoms with Gasteiger partial charge >= 0.3 is 5.97 Å². The Morgan fingerprint density at radius 3 is 3.18 bits per heavy atom. The summed E-state index contributed by atoms with van der Waals surface area (Å²) in [6.07, 6.45) is 2.39. The maximum Gasteiger partial charge on any atom is 0.328 e. The molecule has 0 spiro atoms. The summed E-state index contributed by atoms with van der Waals surface area (Å²) in [6.45, 7) is 0. The number of hydrogen-bond donors (Lipinski definition) is 2. The molecule has 0 amide bonds. The lowest BCUT2D eigenvalue weighted by Gasteiger charge is -1.82. The van der Waals surface area contributed by atoms with Crippen LogP contribution >= 0.6 is 11.8 Å². The van der Waals surface area contributed by atoms with Gasteiger partial charge in [0.15, 0.2) is 5.16 Å². The summed E-state index contributed by atoms with van der Waals surface area (Å²) >= 11 is 1.16. The predicted molar refractivity (Wildman–Crippen MR) is 39.0 cm³/mol. The summed E-state index contributed by atoms with van der Waals surface area (Å²) in [4.78, 5) is 13.7. The van der Waals surface area contributed by atoms with Gasteiger partial charge in [-0.2, -0.15) is 5.10 Å². The third-order valence-corrected chi connectivity index (χ3v) is 1.48. The van der Waals surface area contributed by atoms with Crippen LogP contribution in [-0.2, 0) is 4.79 Å². The third-order valence-electron chi connectivity index (χ3n) is 0.783. The molecule has 0 unspecified atom stereocenters. The number of carboxylic acids is 1. The molecule has 6 heteroatoms. The lowest BCUT2D eigenvalue weighted by molar-refractivity contribution is -0.131. The van der Waals surface area contributed by atoms with E-state index in [0.29, 0.717) is 5.16 Å². The molecule has 0 fully saturated rings. The number of nitrogens with zero attached hydrogens (tertiary/aromatic N) is 2. The molecule has 0 radical (unpaired) electrons. The van der Waals surface area contributed by atoms with E-state index in [2.05, 4.69) is 15.2 Å². The molecule has 2 N–H and O–H groups in total. The minimum atomic E-state index is -0.975. The smallest absolute Gasteiger partial charge is 0.328 e. The highest BCUT2D eigenvalue weighted by molar-refractivity contribution is 8.02. The first-order valence-electron chi connectivity index (χ1n) is 2.70. The highest BCUT2D eigenvalue weighted by atomic mass is 32.2. The molecular weight excluding hydrogens is 166 g/mol. The summed E-state index contributed by atoms with van der Waals surface area (Å²) < 4.78 is 0. The first-order chi connectivity index (χ1) is 5.29. The lowest BCUT2D eigenvalue weighted by Crippen LogP contribution is -1.84. The first kappa shape index (κ1) is 7.80. The molecule has 58 valence electrons. The Hall–Kier alpha value is -1.30. The average molecular weight is 171 g/mol. The quantitative estimate of drug-likeness (QED) is 0.511. The van der Waals surface area contributed by atoms with Crippen molar-refractivity contribution in [2.45, 2.75) is 5.16 Å². The van der Waals surface area contributed by atoms with Gasteiger partial charge < -0.3 is 5.11 Å². The molecule has 0 aliphatic heterocycles. The van der Waals surface area contributed by atoms with Gasteiger partial charge in [0.25, 0.3) is 0 Å². The Bertz CT molecular complexity index is 257. The van der Waals surface area contributed by atoms with E-state index in [1.165, 1.54) is 11.7 Å². The number of carbonyl (C=O) groups is 1. The largest absolute Gasteiger partial charge is 0.478 e. The van der Waals surface area contributed by atoms with Gasteiger partial charge in [-0.25, -0.2) is 9.78 Å². The summed E-state index contributed by atoms with van der Waals surface area (Å²) in [5, 5.41) is 16.3. The van der Waals surface area contributed by atoms with Crippen LogP contribution in [0.5, 0.6) is 0 Å². The highest BCUT2D eigenvalue weighted by Crippen LogP contribution is 2.10. The second-order valence-electron chi connectivity index (χ2n) is 1.55. The normalized spacial score (nSPS) is 10.5. The lowest BCUT2D eigenvalue weighted by atomic mass is 10.7. The zero-order valence-electron chi connectivity index (χ0n) is 5.39. The number of nitrogens with one attached hydrogen (secondary N) is 1. The molecule has 1 aromatic heterocycles. The van der Waals surface area contributed by atoms with Gasteiger partial charge in [0, 0.05) is 6.08 Å². The molecule has 0 saturated heterocycles. The fourth-order valence-electron chi connectivity index (χ4n) is 0.408. The second kappa shape index (κ2) is 3.77. The van der Waals surface area contributed by atoms with Crippen molar-refractivity contribution in [1.82, 2.24) is 15.2 Å². The van der Waals surface area contributed by atoms with Gasteiger partial charge in [0.1, 0.15) is 6.33 Å². The van der Waals surface area contributed by atoms with Crippen molar-refractivity contribution in [2.24, 2.45) is 0 Å². The van der Waals surface area contributed by atoms with Gasteiger partial charge in [0.2, 0.25) is 0 Å². The van der Waals surface area contributed by atoms with Crippen LogP contribution in [-0.4, -0.2) is 26.3 Å². The molecule has 11 heavy (non-hydrogen) atoms. The highest BCUT2D eigenvalue weighted by Gasteiger charge is 1.91. The van der Waals surface area contributed by atoms with E-state index in [1.54, 1.807) is 0 Å². The zero-order chi connectivity index (χ0) is 8.10. The second-order valence-corrected chi connectivity index (χ2v) is 2.44. The topological polar surface area (TPSA) is 78.9 Å². The number of aromatic amines is 1. The molecule has 0 atom stereocenters. The number of rotatable bonds is 3. The molecule has 0 aliphatic carbocycles. The standard InChI is InChI=1S/C5H5N3O2S/c9-4(10)1-2-11-5-6-3-7-8-5/h1-3H,(H,9,10)(H,6,7,8). The molecular formula is C5H5N3O2S. The van der Waals surface area contributed by atoms with Gasteiger partial charge in [-0.1, -0.05) is 11.8 Å². The van der Waals surface area contributed by atoms with Crippen LogP contribution in [0.2, 0.25) is 0 Å². The van der Waals surface area contributed by atoms with Gasteiger partial charge in [-0.05, 0) is 5.41 Å². The van der Waals surface area contributed by atoms with E-state index < -0.39 is 5.97 Å². The van der Waals surface area contributed by atoms with Crippen molar-refractivity contribution < 1.29 is 9.90 Å². The average Bonchev–Trinajstić information content (AvgIpc) is 2.39. The number of carboxylic acid groups (broad SMARTS) is 1. The van der Waals surface area contributed by atoms with Gasteiger partial charge in [-0.3, -0.25) is 5.10 Å². The van der Waals surface area contributed by atoms with Crippen molar-refractivity contribution in [3.8, 4) is 0 Å². The maximum atomic E-state index is 9.98. The molecule has 0 aromatic carbocycles. The SMILES string of the molecule is O=C(O)C=CSc1ncn[nH]1. The summed E-state index contributed by atoms with van der Waals surface area (Å²) in [5.74, 6) is -0.975. The monoisotopic (exact) mass is 171 g/mol. The Kier molecular flexibility index (Phi) is 2.67. The van der Waals surface area contributed by atoms with Crippen LogP contribution in [0.15, 0.2) is 23.0 Å². The van der Waals surface area contributed by atoms with Crippen molar-refractivity contribution in [3.05, 3.63) is 17.8 Å². The van der Waals surface area contributed by atoms with E-state index in [1.807, 2.05) is 0 Å². The van der Waals surface area contributed by atoms with Crippen molar-refractivity contribution >= 4 is 17.7 Å². The zero-order valence-corrected chi connectivity index (χ0v) is 6.21. The molecule has 1 rings (SSSR count).